The van der Waals surface area contributed by atoms with Gasteiger partial charge in [-0.3, -0.25) is 5.32 Å². The fourth-order valence-corrected chi connectivity index (χ4v) is 2.96. The zero-order valence-electron chi connectivity index (χ0n) is 9.43. The van der Waals surface area contributed by atoms with Crippen molar-refractivity contribution < 1.29 is 0 Å². The van der Waals surface area contributed by atoms with Gasteiger partial charge in [-0.25, -0.2) is 0 Å². The molecule has 1 heteroatoms. The molecule has 1 N–H and O–H groups in total. The Morgan fingerprint density at radius 2 is 1.47 bits per heavy atom. The van der Waals surface area contributed by atoms with Gasteiger partial charge in [-0.1, -0.05) is 60.7 Å². The first kappa shape index (κ1) is 9.20. The van der Waals surface area contributed by atoms with E-state index in [-0.39, 0.29) is 0 Å². The van der Waals surface area contributed by atoms with Gasteiger partial charge in [-0.2, -0.15) is 0 Å². The molecule has 17 heavy (non-hydrogen) atoms. The van der Waals surface area contributed by atoms with Crippen LogP contribution in [0.5, 0.6) is 0 Å². The van der Waals surface area contributed by atoms with E-state index in [1.165, 1.54) is 22.3 Å². The average Bonchev–Trinajstić information content (AvgIpc) is 2.63. The topological polar surface area (TPSA) is 12.0 Å². The summed E-state index contributed by atoms with van der Waals surface area (Å²) in [4.78, 5) is 0. The molecular weight excluding hydrogens is 206 g/mol. The fraction of sp³-hybridized carbons (Fsp3) is 0.125. The number of hydrogen-bond acceptors (Lipinski definition) is 1. The Bertz CT molecular complexity index is 612. The van der Waals surface area contributed by atoms with Gasteiger partial charge in [0, 0.05) is 0 Å². The highest BCUT2D eigenvalue weighted by atomic mass is 15.0. The summed E-state index contributed by atoms with van der Waals surface area (Å²) in [5.74, 6) is 0. The van der Waals surface area contributed by atoms with E-state index in [4.69, 9.17) is 0 Å². The zero-order chi connectivity index (χ0) is 11.2. The normalized spacial score (nSPS) is 24.0. The molecule has 2 aromatic rings. The van der Waals surface area contributed by atoms with E-state index >= 15 is 0 Å². The molecule has 2 bridgehead atoms. The average molecular weight is 219 g/mol. The molecule has 2 unspecified atom stereocenters. The highest BCUT2D eigenvalue weighted by molar-refractivity contribution is 5.62. The van der Waals surface area contributed by atoms with Crippen LogP contribution in [0.3, 0.4) is 0 Å². The first-order chi connectivity index (χ1) is 8.43. The van der Waals surface area contributed by atoms with Gasteiger partial charge >= 0.3 is 0 Å². The lowest BCUT2D eigenvalue weighted by Crippen LogP contribution is -2.16. The van der Waals surface area contributed by atoms with Crippen LogP contribution < -0.4 is 5.32 Å². The van der Waals surface area contributed by atoms with Crippen LogP contribution in [0.4, 0.5) is 0 Å². The molecule has 2 aliphatic rings. The largest absolute Gasteiger partial charge is 0.296 e. The zero-order valence-corrected chi connectivity index (χ0v) is 9.43. The standard InChI is InChI=1S/C16H13N/c1-2-6-12-11(5-1)9-10-15-13-7-3-4-8-14(13)16(12)17-15/h1-10,15-17H. The molecule has 2 aromatic carbocycles. The number of rotatable bonds is 0. The van der Waals surface area contributed by atoms with Crippen molar-refractivity contribution in [1.29, 1.82) is 0 Å². The van der Waals surface area contributed by atoms with Crippen LogP contribution in [0.15, 0.2) is 54.6 Å². The number of hydrogen-bond donors (Lipinski definition) is 1. The summed E-state index contributed by atoms with van der Waals surface area (Å²) in [5, 5.41) is 3.69. The van der Waals surface area contributed by atoms with Gasteiger partial charge in [-0.05, 0) is 22.3 Å². The van der Waals surface area contributed by atoms with Crippen LogP contribution in [0.25, 0.3) is 6.08 Å². The van der Waals surface area contributed by atoms with E-state index in [0.717, 1.165) is 0 Å². The van der Waals surface area contributed by atoms with E-state index in [1.807, 2.05) is 0 Å². The molecule has 0 saturated heterocycles. The summed E-state index contributed by atoms with van der Waals surface area (Å²) in [6.45, 7) is 0. The Morgan fingerprint density at radius 3 is 2.35 bits per heavy atom. The molecule has 4 rings (SSSR count). The third kappa shape index (κ3) is 1.23. The van der Waals surface area contributed by atoms with Crippen molar-refractivity contribution in [1.82, 2.24) is 5.32 Å². The highest BCUT2D eigenvalue weighted by Gasteiger charge is 2.31. The Kier molecular flexibility index (Phi) is 1.79. The van der Waals surface area contributed by atoms with Crippen LogP contribution in [-0.4, -0.2) is 0 Å². The number of fused-ring (bicyclic) bond motifs is 7. The minimum atomic E-state index is 0.349. The maximum Gasteiger partial charge on any atom is 0.0593 e. The molecule has 2 heterocycles. The summed E-state index contributed by atoms with van der Waals surface area (Å²) in [6.07, 6.45) is 4.51. The van der Waals surface area contributed by atoms with Crippen LogP contribution in [0, 0.1) is 0 Å². The van der Waals surface area contributed by atoms with Crippen LogP contribution >= 0.6 is 0 Å². The lowest BCUT2D eigenvalue weighted by Gasteiger charge is -2.14. The molecule has 1 nitrogen and oxygen atoms in total. The minimum Gasteiger partial charge on any atom is -0.296 e. The summed E-state index contributed by atoms with van der Waals surface area (Å²) in [7, 11) is 0. The molecule has 0 aliphatic carbocycles. The molecule has 2 aliphatic heterocycles. The third-order valence-electron chi connectivity index (χ3n) is 3.76. The molecule has 0 spiro atoms. The van der Waals surface area contributed by atoms with E-state index in [1.54, 1.807) is 0 Å². The monoisotopic (exact) mass is 219 g/mol. The Balaban J connectivity index is 2.00. The van der Waals surface area contributed by atoms with Crippen LogP contribution in [0.1, 0.15) is 34.3 Å². The summed E-state index contributed by atoms with van der Waals surface area (Å²) in [6, 6.07) is 18.1. The lowest BCUT2D eigenvalue weighted by atomic mass is 9.92. The fourth-order valence-electron chi connectivity index (χ4n) is 2.96. The molecule has 0 amide bonds. The molecule has 0 saturated carbocycles. The molecule has 0 radical (unpaired) electrons. The summed E-state index contributed by atoms with van der Waals surface area (Å²) < 4.78 is 0. The van der Waals surface area contributed by atoms with Crippen LogP contribution in [0.2, 0.25) is 0 Å². The van der Waals surface area contributed by atoms with Gasteiger partial charge in [0.1, 0.15) is 0 Å². The first-order valence-electron chi connectivity index (χ1n) is 6.05. The van der Waals surface area contributed by atoms with Gasteiger partial charge in [0.05, 0.1) is 12.1 Å². The van der Waals surface area contributed by atoms with E-state index in [2.05, 4.69) is 66.0 Å². The van der Waals surface area contributed by atoms with Gasteiger partial charge in [0.2, 0.25) is 0 Å². The van der Waals surface area contributed by atoms with E-state index in [0.29, 0.717) is 12.1 Å². The van der Waals surface area contributed by atoms with Crippen molar-refractivity contribution in [3.05, 3.63) is 76.9 Å². The second-order valence-corrected chi connectivity index (χ2v) is 4.69. The Morgan fingerprint density at radius 1 is 0.765 bits per heavy atom. The van der Waals surface area contributed by atoms with Crippen molar-refractivity contribution in [2.75, 3.05) is 0 Å². The molecular formula is C16H13N. The lowest BCUT2D eigenvalue weighted by molar-refractivity contribution is 0.619. The predicted octanol–water partition coefficient (Wildman–Crippen LogP) is 3.45. The summed E-state index contributed by atoms with van der Waals surface area (Å²) in [5.41, 5.74) is 5.57. The van der Waals surface area contributed by atoms with Gasteiger partial charge in [-0.15, -0.1) is 0 Å². The van der Waals surface area contributed by atoms with Crippen molar-refractivity contribution in [2.24, 2.45) is 0 Å². The van der Waals surface area contributed by atoms with Gasteiger partial charge < -0.3 is 0 Å². The third-order valence-corrected chi connectivity index (χ3v) is 3.76. The maximum absolute atomic E-state index is 3.69. The van der Waals surface area contributed by atoms with Crippen molar-refractivity contribution in [2.45, 2.75) is 12.1 Å². The van der Waals surface area contributed by atoms with E-state index in [9.17, 15) is 0 Å². The second kappa shape index (κ2) is 3.31. The van der Waals surface area contributed by atoms with Crippen molar-refractivity contribution in [3.8, 4) is 0 Å². The number of nitrogens with one attached hydrogen (secondary N) is 1. The van der Waals surface area contributed by atoms with Gasteiger partial charge in [0.25, 0.3) is 0 Å². The van der Waals surface area contributed by atoms with E-state index < -0.39 is 0 Å². The first-order valence-corrected chi connectivity index (χ1v) is 6.05. The summed E-state index contributed by atoms with van der Waals surface area (Å²) >= 11 is 0. The number of benzene rings is 2. The Labute approximate surface area is 101 Å². The highest BCUT2D eigenvalue weighted by Crippen LogP contribution is 2.41. The quantitative estimate of drug-likeness (QED) is 0.715. The predicted molar refractivity (Wildman–Crippen MR) is 69.6 cm³/mol. The molecule has 82 valence electrons. The SMILES string of the molecule is C1=CC2NC(c3ccccc31)c1ccccc12. The molecule has 2 atom stereocenters. The van der Waals surface area contributed by atoms with Crippen LogP contribution in [-0.2, 0) is 0 Å². The van der Waals surface area contributed by atoms with Crippen molar-refractivity contribution >= 4 is 6.08 Å². The molecule has 0 aromatic heterocycles. The maximum atomic E-state index is 3.69. The van der Waals surface area contributed by atoms with Crippen molar-refractivity contribution in [3.63, 3.8) is 0 Å². The van der Waals surface area contributed by atoms with Gasteiger partial charge in [0.15, 0.2) is 0 Å². The minimum absolute atomic E-state index is 0.349. The molecule has 0 fully saturated rings. The Hall–Kier alpha value is -1.86. The smallest absolute Gasteiger partial charge is 0.0593 e. The second-order valence-electron chi connectivity index (χ2n) is 4.69.